The normalized spacial score (nSPS) is 10.7. The molecule has 2 rings (SSSR count). The summed E-state index contributed by atoms with van der Waals surface area (Å²) in [6.07, 6.45) is -3.56. The largest absolute Gasteiger partial charge is 0.416 e. The van der Waals surface area contributed by atoms with Gasteiger partial charge in [0, 0.05) is 4.88 Å². The molecule has 0 fully saturated rings. The Morgan fingerprint density at radius 3 is 2.05 bits per heavy atom. The minimum Gasteiger partial charge on any atom is -0.297 e. The summed E-state index contributed by atoms with van der Waals surface area (Å²) in [5.41, 5.74) is 0.851. The van der Waals surface area contributed by atoms with Gasteiger partial charge in [-0.3, -0.25) is 4.79 Å². The highest BCUT2D eigenvalue weighted by Crippen LogP contribution is 2.34. The van der Waals surface area contributed by atoms with E-state index in [0.717, 1.165) is 28.9 Å². The third-order valence-electron chi connectivity index (χ3n) is 2.56. The molecule has 0 amide bonds. The highest BCUT2D eigenvalue weighted by atomic mass is 32.1. The molecule has 0 saturated carbocycles. The van der Waals surface area contributed by atoms with E-state index in [2.05, 4.69) is 0 Å². The van der Waals surface area contributed by atoms with E-state index in [1.807, 2.05) is 13.8 Å². The van der Waals surface area contributed by atoms with Gasteiger partial charge in [0.15, 0.2) is 6.29 Å². The van der Waals surface area contributed by atoms with Crippen molar-refractivity contribution in [2.24, 2.45) is 0 Å². The van der Waals surface area contributed by atoms with Gasteiger partial charge in [-0.15, -0.1) is 11.3 Å². The third kappa shape index (κ3) is 3.70. The van der Waals surface area contributed by atoms with Crippen LogP contribution in [-0.4, -0.2) is 6.29 Å². The van der Waals surface area contributed by atoms with Crippen molar-refractivity contribution in [1.29, 1.82) is 0 Å². The lowest BCUT2D eigenvalue weighted by molar-refractivity contribution is -0.137. The maximum absolute atomic E-state index is 12.4. The topological polar surface area (TPSA) is 17.1 Å². The van der Waals surface area contributed by atoms with Crippen LogP contribution < -0.4 is 0 Å². The number of rotatable bonds is 2. The van der Waals surface area contributed by atoms with E-state index in [1.54, 1.807) is 13.0 Å². The van der Waals surface area contributed by atoms with Crippen LogP contribution in [0.15, 0.2) is 30.3 Å². The Balaban J connectivity index is 0.000000956. The standard InChI is InChI=1S/C13H9F3OS.C2H6/c1-8-6-11(18-12(8)7-17)9-2-4-10(5-3-9)13(14,15)16;1-2/h2-7H,1H3;1-2H3. The molecule has 1 aromatic heterocycles. The lowest BCUT2D eigenvalue weighted by atomic mass is 10.1. The van der Waals surface area contributed by atoms with Gasteiger partial charge in [0.2, 0.25) is 0 Å². The zero-order valence-electron chi connectivity index (χ0n) is 11.4. The number of carbonyl (C=O) groups is 1. The average Bonchev–Trinajstić information content (AvgIpc) is 2.81. The molecule has 0 unspecified atom stereocenters. The fraction of sp³-hybridized carbons (Fsp3) is 0.267. The fourth-order valence-electron chi connectivity index (χ4n) is 1.58. The molecule has 0 saturated heterocycles. The Labute approximate surface area is 120 Å². The highest BCUT2D eigenvalue weighted by Gasteiger charge is 2.30. The quantitative estimate of drug-likeness (QED) is 0.662. The first-order valence-corrected chi connectivity index (χ1v) is 6.96. The van der Waals surface area contributed by atoms with Gasteiger partial charge < -0.3 is 0 Å². The summed E-state index contributed by atoms with van der Waals surface area (Å²) in [6, 6.07) is 6.73. The van der Waals surface area contributed by atoms with Crippen LogP contribution in [0, 0.1) is 6.92 Å². The summed E-state index contributed by atoms with van der Waals surface area (Å²) in [5, 5.41) is 0. The van der Waals surface area contributed by atoms with Gasteiger partial charge in [0.25, 0.3) is 0 Å². The zero-order chi connectivity index (χ0) is 15.3. The SMILES string of the molecule is CC.Cc1cc(-c2ccc(C(F)(F)F)cc2)sc1C=O. The number of aldehydes is 1. The van der Waals surface area contributed by atoms with Crippen molar-refractivity contribution in [3.05, 3.63) is 46.3 Å². The van der Waals surface area contributed by atoms with Gasteiger partial charge in [-0.25, -0.2) is 0 Å². The second kappa shape index (κ2) is 6.70. The number of aryl methyl sites for hydroxylation is 1. The van der Waals surface area contributed by atoms with E-state index in [9.17, 15) is 18.0 Å². The molecule has 0 aliphatic rings. The third-order valence-corrected chi connectivity index (χ3v) is 3.77. The fourth-order valence-corrected chi connectivity index (χ4v) is 2.57. The number of benzene rings is 1. The van der Waals surface area contributed by atoms with Gasteiger partial charge in [0.1, 0.15) is 0 Å². The molecule has 108 valence electrons. The van der Waals surface area contributed by atoms with Crippen LogP contribution in [0.5, 0.6) is 0 Å². The van der Waals surface area contributed by atoms with E-state index < -0.39 is 11.7 Å². The van der Waals surface area contributed by atoms with E-state index in [-0.39, 0.29) is 0 Å². The Morgan fingerprint density at radius 2 is 1.65 bits per heavy atom. The van der Waals surface area contributed by atoms with E-state index in [4.69, 9.17) is 0 Å². The molecule has 0 radical (unpaired) electrons. The molecular weight excluding hydrogens is 285 g/mol. The molecular formula is C15H15F3OS. The lowest BCUT2D eigenvalue weighted by Crippen LogP contribution is -2.03. The molecule has 0 bridgehead atoms. The molecule has 20 heavy (non-hydrogen) atoms. The van der Waals surface area contributed by atoms with Gasteiger partial charge in [0.05, 0.1) is 10.4 Å². The average molecular weight is 300 g/mol. The van der Waals surface area contributed by atoms with Crippen molar-refractivity contribution in [2.75, 3.05) is 0 Å². The van der Waals surface area contributed by atoms with Gasteiger partial charge in [-0.2, -0.15) is 13.2 Å². The first-order valence-electron chi connectivity index (χ1n) is 6.15. The smallest absolute Gasteiger partial charge is 0.297 e. The van der Waals surface area contributed by atoms with E-state index in [1.165, 1.54) is 23.5 Å². The predicted molar refractivity (Wildman–Crippen MR) is 76.2 cm³/mol. The Morgan fingerprint density at radius 1 is 1.10 bits per heavy atom. The maximum atomic E-state index is 12.4. The summed E-state index contributed by atoms with van der Waals surface area (Å²) >= 11 is 1.28. The second-order valence-electron chi connectivity index (χ2n) is 3.85. The molecule has 0 aliphatic carbocycles. The number of thiophene rings is 1. The molecule has 1 aromatic carbocycles. The van der Waals surface area contributed by atoms with Crippen molar-refractivity contribution in [3.8, 4) is 10.4 Å². The molecule has 0 spiro atoms. The zero-order valence-corrected chi connectivity index (χ0v) is 12.2. The van der Waals surface area contributed by atoms with E-state index >= 15 is 0 Å². The van der Waals surface area contributed by atoms with Gasteiger partial charge in [-0.05, 0) is 36.2 Å². The summed E-state index contributed by atoms with van der Waals surface area (Å²) < 4.78 is 37.2. The van der Waals surface area contributed by atoms with Crippen molar-refractivity contribution >= 4 is 17.6 Å². The van der Waals surface area contributed by atoms with Gasteiger partial charge >= 0.3 is 6.18 Å². The minimum absolute atomic E-state index is 0.602. The molecule has 2 aromatic rings. The molecule has 5 heteroatoms. The molecule has 0 N–H and O–H groups in total. The van der Waals surface area contributed by atoms with Crippen molar-refractivity contribution in [3.63, 3.8) is 0 Å². The summed E-state index contributed by atoms with van der Waals surface area (Å²) in [6.45, 7) is 5.80. The van der Waals surface area contributed by atoms with Crippen LogP contribution in [-0.2, 0) is 6.18 Å². The van der Waals surface area contributed by atoms with Crippen molar-refractivity contribution < 1.29 is 18.0 Å². The van der Waals surface area contributed by atoms with Crippen LogP contribution in [0.1, 0.15) is 34.6 Å². The second-order valence-corrected chi connectivity index (χ2v) is 4.93. The van der Waals surface area contributed by atoms with Crippen LogP contribution in [0.25, 0.3) is 10.4 Å². The van der Waals surface area contributed by atoms with Crippen LogP contribution in [0.2, 0.25) is 0 Å². The van der Waals surface area contributed by atoms with E-state index in [0.29, 0.717) is 10.4 Å². The number of hydrogen-bond donors (Lipinski definition) is 0. The number of carbonyl (C=O) groups excluding carboxylic acids is 1. The monoisotopic (exact) mass is 300 g/mol. The van der Waals surface area contributed by atoms with Crippen LogP contribution >= 0.6 is 11.3 Å². The molecule has 0 aliphatic heterocycles. The summed E-state index contributed by atoms with van der Waals surface area (Å²) in [5.74, 6) is 0. The molecule has 1 nitrogen and oxygen atoms in total. The lowest BCUT2D eigenvalue weighted by Gasteiger charge is -2.06. The predicted octanol–water partition coefficient (Wildman–Crippen LogP) is 5.58. The molecule has 1 heterocycles. The highest BCUT2D eigenvalue weighted by molar-refractivity contribution is 7.17. The Kier molecular flexibility index (Phi) is 5.51. The Hall–Kier alpha value is -1.62. The summed E-state index contributed by atoms with van der Waals surface area (Å²) in [7, 11) is 0. The summed E-state index contributed by atoms with van der Waals surface area (Å²) in [4.78, 5) is 12.1. The number of alkyl halides is 3. The van der Waals surface area contributed by atoms with Gasteiger partial charge in [-0.1, -0.05) is 26.0 Å². The maximum Gasteiger partial charge on any atom is 0.416 e. The molecule has 0 atom stereocenters. The van der Waals surface area contributed by atoms with Crippen molar-refractivity contribution in [1.82, 2.24) is 0 Å². The number of hydrogen-bond acceptors (Lipinski definition) is 2. The van der Waals surface area contributed by atoms with Crippen LogP contribution in [0.3, 0.4) is 0 Å². The van der Waals surface area contributed by atoms with Crippen molar-refractivity contribution in [2.45, 2.75) is 26.9 Å². The Bertz CT molecular complexity index is 568. The minimum atomic E-state index is -4.32. The first-order chi connectivity index (χ1) is 9.41. The first kappa shape index (κ1) is 16.4. The number of halogens is 3. The van der Waals surface area contributed by atoms with Crippen LogP contribution in [0.4, 0.5) is 13.2 Å².